The first-order chi connectivity index (χ1) is 2.41. The summed E-state index contributed by atoms with van der Waals surface area (Å²) >= 11 is 0. The zero-order chi connectivity index (χ0) is 4.12. The molecule has 0 aromatic heterocycles. The predicted molar refractivity (Wildman–Crippen MR) is 19.0 cm³/mol. The van der Waals surface area contributed by atoms with Crippen molar-refractivity contribution in [1.29, 1.82) is 0 Å². The Bertz CT molecular complexity index is 31.9. The van der Waals surface area contributed by atoms with Crippen LogP contribution in [-0.2, 0) is 9.16 Å². The molecule has 0 spiro atoms. The van der Waals surface area contributed by atoms with Crippen LogP contribution in [0.5, 0.6) is 0 Å². The maximum atomic E-state index is 4.34. The lowest BCUT2D eigenvalue weighted by Crippen LogP contribution is -1.76. The molecule has 0 saturated carbocycles. The molecule has 5 heavy (non-hydrogen) atoms. The van der Waals surface area contributed by atoms with E-state index in [0.717, 1.165) is 0 Å². The maximum absolute atomic E-state index is 4.34. The van der Waals surface area contributed by atoms with E-state index in [0.29, 0.717) is 0 Å². The Morgan fingerprint density at radius 1 is 1.80 bits per heavy atom. The fourth-order valence-electron chi connectivity index (χ4n) is 0.0962. The fourth-order valence-corrected chi connectivity index (χ4v) is 0.0962. The molecule has 2 heteroatoms. The van der Waals surface area contributed by atoms with Gasteiger partial charge in [0.2, 0.25) is 0 Å². The van der Waals surface area contributed by atoms with E-state index in [1.807, 2.05) is 0 Å². The van der Waals surface area contributed by atoms with E-state index in [9.17, 15) is 0 Å². The van der Waals surface area contributed by atoms with Gasteiger partial charge in [0.25, 0.3) is 0 Å². The molecule has 2 nitrogen and oxygen atoms in total. The Labute approximate surface area is 31.1 Å². The number of hydrogen-bond acceptors (Lipinski definition) is 1. The van der Waals surface area contributed by atoms with Crippen molar-refractivity contribution < 1.29 is 9.16 Å². The topological polar surface area (TPSA) is 20.5 Å². The first-order valence-corrected chi connectivity index (χ1v) is 1.29. The number of ether oxygens (including phenoxy) is 1. The van der Waals surface area contributed by atoms with Gasteiger partial charge >= 0.3 is 6.47 Å². The average Bonchev–Trinajstić information content (AvgIpc) is 1.41. The van der Waals surface area contributed by atoms with Crippen LogP contribution in [0.3, 0.4) is 0 Å². The fraction of sp³-hybridized carbons (Fsp3) is 0.667. The molecule has 0 heterocycles. The van der Waals surface area contributed by atoms with Gasteiger partial charge in [0.15, 0.2) is 14.2 Å². The van der Waals surface area contributed by atoms with Crippen LogP contribution in [0.1, 0.15) is 0 Å². The van der Waals surface area contributed by atoms with Crippen LogP contribution in [0.25, 0.3) is 0 Å². The summed E-state index contributed by atoms with van der Waals surface area (Å²) in [6.07, 6.45) is 0. The molecule has 0 amide bonds. The smallest absolute Gasteiger partial charge is 0.328 e. The lowest BCUT2D eigenvalue weighted by atomic mass is 11.5. The second kappa shape index (κ2) is 3.47. The predicted octanol–water partition coefficient (Wildman–Crippen LogP) is -0.0453. The second-order valence-corrected chi connectivity index (χ2v) is 0.568. The van der Waals surface area contributed by atoms with Crippen molar-refractivity contribution in [3.05, 3.63) is 0 Å². The van der Waals surface area contributed by atoms with Crippen LogP contribution < -0.4 is 0 Å². The van der Waals surface area contributed by atoms with Crippen LogP contribution in [-0.4, -0.2) is 20.7 Å². The molecule has 30 valence electrons. The van der Waals surface area contributed by atoms with E-state index in [-0.39, 0.29) is 0 Å². The zero-order valence-electron chi connectivity index (χ0n) is 3.39. The molecule has 0 aliphatic carbocycles. The monoisotopic (exact) mass is 75.0 g/mol. The third-order valence-corrected chi connectivity index (χ3v) is 0.192. The average molecular weight is 75.1 g/mol. The highest BCUT2D eigenvalue weighted by Crippen LogP contribution is 1.41. The SMILES string of the molecule is COC=[O+]C. The van der Waals surface area contributed by atoms with Crippen LogP contribution >= 0.6 is 0 Å². The molecule has 0 saturated heterocycles. The molecule has 0 fully saturated rings. The van der Waals surface area contributed by atoms with Gasteiger partial charge in [-0.3, -0.25) is 0 Å². The molecule has 0 aromatic carbocycles. The quantitative estimate of drug-likeness (QED) is 0.316. The molecule has 0 bridgehead atoms. The molecule has 0 rings (SSSR count). The molecule has 0 aliphatic rings. The molecular formula is C3H7O2+. The van der Waals surface area contributed by atoms with E-state index in [1.165, 1.54) is 20.7 Å². The minimum Gasteiger partial charge on any atom is -0.328 e. The summed E-state index contributed by atoms with van der Waals surface area (Å²) in [5, 5.41) is 0. The van der Waals surface area contributed by atoms with Crippen molar-refractivity contribution in [3.8, 4) is 0 Å². The van der Waals surface area contributed by atoms with Gasteiger partial charge in [0.05, 0.1) is 0 Å². The summed E-state index contributed by atoms with van der Waals surface area (Å²) in [7, 11) is 3.06. The Hall–Kier alpha value is -0.530. The van der Waals surface area contributed by atoms with Gasteiger partial charge in [-0.05, 0) is 0 Å². The standard InChI is InChI=1S/C3H7O2/c1-4-3-5-2/h3H,1-2H3/q+1. The van der Waals surface area contributed by atoms with Gasteiger partial charge in [-0.25, -0.2) is 0 Å². The highest BCUT2D eigenvalue weighted by Gasteiger charge is 1.64. The van der Waals surface area contributed by atoms with Crippen molar-refractivity contribution in [3.63, 3.8) is 0 Å². The van der Waals surface area contributed by atoms with Crippen LogP contribution in [0, 0.1) is 0 Å². The molecule has 0 radical (unpaired) electrons. The number of carbonyl (C=O) groups excluding carboxylic acids is 1. The van der Waals surface area contributed by atoms with Gasteiger partial charge in [-0.1, -0.05) is 0 Å². The van der Waals surface area contributed by atoms with Crippen molar-refractivity contribution in [2.75, 3.05) is 14.2 Å². The summed E-state index contributed by atoms with van der Waals surface area (Å²) in [6.45, 7) is 1.25. The third-order valence-electron chi connectivity index (χ3n) is 0.192. The van der Waals surface area contributed by atoms with E-state index in [4.69, 9.17) is 0 Å². The summed E-state index contributed by atoms with van der Waals surface area (Å²) in [5.41, 5.74) is 0. The summed E-state index contributed by atoms with van der Waals surface area (Å²) in [5.74, 6) is 0. The van der Waals surface area contributed by atoms with Gasteiger partial charge < -0.3 is 9.16 Å². The Morgan fingerprint density at radius 2 is 2.40 bits per heavy atom. The van der Waals surface area contributed by atoms with Gasteiger partial charge in [0, 0.05) is 0 Å². The lowest BCUT2D eigenvalue weighted by molar-refractivity contribution is -0.423. The van der Waals surface area contributed by atoms with Crippen LogP contribution in [0.2, 0.25) is 0 Å². The molecule has 0 atom stereocenters. The Balaban J connectivity index is 2.62. The molecule has 0 aromatic rings. The first-order valence-electron chi connectivity index (χ1n) is 1.29. The highest BCUT2D eigenvalue weighted by atomic mass is 16.6. The van der Waals surface area contributed by atoms with E-state index < -0.39 is 0 Å². The normalized spacial score (nSPS) is 9.20. The van der Waals surface area contributed by atoms with Gasteiger partial charge in [-0.15, -0.1) is 0 Å². The van der Waals surface area contributed by atoms with Crippen LogP contribution in [0.4, 0.5) is 0 Å². The molecule has 0 unspecified atom stereocenters. The Morgan fingerprint density at radius 3 is 2.40 bits per heavy atom. The lowest BCUT2D eigenvalue weighted by Gasteiger charge is -1.61. The largest absolute Gasteiger partial charge is 0.472 e. The summed E-state index contributed by atoms with van der Waals surface area (Å²) in [4.78, 5) is 0. The number of methoxy groups -OCH3 is 1. The van der Waals surface area contributed by atoms with Crippen LogP contribution in [0.15, 0.2) is 0 Å². The first kappa shape index (κ1) is 4.47. The van der Waals surface area contributed by atoms with E-state index in [2.05, 4.69) is 9.16 Å². The van der Waals surface area contributed by atoms with Gasteiger partial charge in [0.1, 0.15) is 0 Å². The van der Waals surface area contributed by atoms with Crippen molar-refractivity contribution in [2.45, 2.75) is 0 Å². The number of rotatable bonds is 1. The molecular weight excluding hydrogens is 68.0 g/mol. The van der Waals surface area contributed by atoms with Crippen molar-refractivity contribution >= 4 is 6.47 Å². The Kier molecular flexibility index (Phi) is 3.10. The second-order valence-electron chi connectivity index (χ2n) is 0.568. The zero-order valence-corrected chi connectivity index (χ0v) is 3.39. The summed E-state index contributed by atoms with van der Waals surface area (Å²) < 4.78 is 8.69. The molecule has 0 aliphatic heterocycles. The van der Waals surface area contributed by atoms with E-state index >= 15 is 0 Å². The summed E-state index contributed by atoms with van der Waals surface area (Å²) in [6, 6.07) is 0. The minimum absolute atomic E-state index is 1.25. The van der Waals surface area contributed by atoms with Gasteiger partial charge in [-0.2, -0.15) is 0 Å². The van der Waals surface area contributed by atoms with Crippen molar-refractivity contribution in [2.24, 2.45) is 0 Å². The highest BCUT2D eigenvalue weighted by molar-refractivity contribution is 5.36. The maximum Gasteiger partial charge on any atom is 0.472 e. The minimum atomic E-state index is 1.25. The number of hydrogen-bond donors (Lipinski definition) is 0. The van der Waals surface area contributed by atoms with E-state index in [1.54, 1.807) is 0 Å². The third kappa shape index (κ3) is 3.47. The van der Waals surface area contributed by atoms with Crippen molar-refractivity contribution in [1.82, 2.24) is 0 Å². The molecule has 0 N–H and O–H groups in total.